The standard InChI is InChI=1S/C21H22F3N5O3/c1-2-16(27-13-8-26-29(9-13)14-5-6-32-10-14)18-15-7-12(3-4-17(15)28-20(18)31)19(30)25-11-21(22,23)24/h3-4,7-9,14,28,31H,2,5-6,10-11H2,1H3,(H,25,30)/t14-/m1/s1. The number of halogens is 3. The molecule has 1 aliphatic heterocycles. The highest BCUT2D eigenvalue weighted by Gasteiger charge is 2.28. The van der Waals surface area contributed by atoms with Crippen LogP contribution < -0.4 is 5.32 Å². The molecule has 8 nitrogen and oxygen atoms in total. The number of fused-ring (bicyclic) bond motifs is 1. The van der Waals surface area contributed by atoms with E-state index in [0.717, 1.165) is 6.42 Å². The fraction of sp³-hybridized carbons (Fsp3) is 0.381. The summed E-state index contributed by atoms with van der Waals surface area (Å²) in [6, 6.07) is 4.52. The molecule has 0 bridgehead atoms. The molecule has 170 valence electrons. The second-order valence-electron chi connectivity index (χ2n) is 7.51. The molecule has 0 unspecified atom stereocenters. The number of carbonyl (C=O) groups is 1. The molecule has 1 aromatic carbocycles. The van der Waals surface area contributed by atoms with E-state index in [1.54, 1.807) is 17.1 Å². The summed E-state index contributed by atoms with van der Waals surface area (Å²) in [6.45, 7) is 1.72. The van der Waals surface area contributed by atoms with Crippen molar-refractivity contribution in [2.45, 2.75) is 32.0 Å². The summed E-state index contributed by atoms with van der Waals surface area (Å²) in [4.78, 5) is 19.6. The summed E-state index contributed by atoms with van der Waals surface area (Å²) in [6.07, 6.45) is 0.248. The van der Waals surface area contributed by atoms with Crippen molar-refractivity contribution in [2.24, 2.45) is 4.99 Å². The van der Waals surface area contributed by atoms with E-state index >= 15 is 0 Å². The average Bonchev–Trinajstić information content (AvgIpc) is 3.48. The summed E-state index contributed by atoms with van der Waals surface area (Å²) < 4.78 is 44.5. The summed E-state index contributed by atoms with van der Waals surface area (Å²) in [5.74, 6) is -0.990. The molecule has 3 N–H and O–H groups in total. The molecule has 3 aromatic rings. The first kappa shape index (κ1) is 21.9. The topological polar surface area (TPSA) is 105 Å². The van der Waals surface area contributed by atoms with Gasteiger partial charge in [0.25, 0.3) is 5.91 Å². The van der Waals surface area contributed by atoms with Crippen molar-refractivity contribution < 1.29 is 27.8 Å². The first-order chi connectivity index (χ1) is 15.2. The Hall–Kier alpha value is -3.34. The number of ether oxygens (including phenoxy) is 1. The summed E-state index contributed by atoms with van der Waals surface area (Å²) in [7, 11) is 0. The number of aromatic nitrogens is 3. The van der Waals surface area contributed by atoms with Crippen LogP contribution in [0.2, 0.25) is 0 Å². The number of amides is 1. The fourth-order valence-corrected chi connectivity index (χ4v) is 3.68. The number of carbonyl (C=O) groups excluding carboxylic acids is 1. The van der Waals surface area contributed by atoms with Crippen molar-refractivity contribution >= 4 is 28.2 Å². The minimum atomic E-state index is -4.51. The zero-order chi connectivity index (χ0) is 22.9. The van der Waals surface area contributed by atoms with Gasteiger partial charge in [-0.25, -0.2) is 4.99 Å². The molecule has 0 radical (unpaired) electrons. The van der Waals surface area contributed by atoms with Crippen LogP contribution in [0.4, 0.5) is 18.9 Å². The summed E-state index contributed by atoms with van der Waals surface area (Å²) >= 11 is 0. The van der Waals surface area contributed by atoms with Gasteiger partial charge in [-0.2, -0.15) is 18.3 Å². The lowest BCUT2D eigenvalue weighted by Gasteiger charge is -2.09. The van der Waals surface area contributed by atoms with Gasteiger partial charge in [-0.1, -0.05) is 6.92 Å². The van der Waals surface area contributed by atoms with Gasteiger partial charge in [0.2, 0.25) is 0 Å². The molecule has 1 amide bonds. The number of rotatable bonds is 6. The number of nitrogens with zero attached hydrogens (tertiary/aromatic N) is 3. The maximum atomic E-state index is 12.4. The van der Waals surface area contributed by atoms with Gasteiger partial charge in [0.1, 0.15) is 12.2 Å². The van der Waals surface area contributed by atoms with Crippen LogP contribution >= 0.6 is 0 Å². The van der Waals surface area contributed by atoms with Gasteiger partial charge < -0.3 is 20.1 Å². The Morgan fingerprint density at radius 1 is 1.44 bits per heavy atom. The maximum Gasteiger partial charge on any atom is 0.405 e. The van der Waals surface area contributed by atoms with Crippen LogP contribution in [0.15, 0.2) is 35.6 Å². The van der Waals surface area contributed by atoms with Crippen LogP contribution in [0.1, 0.15) is 41.7 Å². The molecular formula is C21H22F3N5O3. The van der Waals surface area contributed by atoms with Gasteiger partial charge in [-0.05, 0) is 31.0 Å². The van der Waals surface area contributed by atoms with Crippen molar-refractivity contribution in [3.8, 4) is 5.88 Å². The van der Waals surface area contributed by atoms with Crippen molar-refractivity contribution in [3.63, 3.8) is 0 Å². The lowest BCUT2D eigenvalue weighted by molar-refractivity contribution is -0.123. The molecule has 0 aliphatic carbocycles. The number of aromatic hydroxyl groups is 1. The number of alkyl halides is 3. The van der Waals surface area contributed by atoms with Crippen LogP contribution in [-0.4, -0.2) is 57.4 Å². The second-order valence-corrected chi connectivity index (χ2v) is 7.51. The Bertz CT molecular complexity index is 1160. The molecule has 11 heteroatoms. The predicted octanol–water partition coefficient (Wildman–Crippen LogP) is 3.85. The van der Waals surface area contributed by atoms with Crippen molar-refractivity contribution in [1.82, 2.24) is 20.1 Å². The number of nitrogens with one attached hydrogen (secondary N) is 2. The molecule has 2 aromatic heterocycles. The van der Waals surface area contributed by atoms with E-state index in [9.17, 15) is 23.1 Å². The number of aliphatic imine (C=N–C) groups is 1. The first-order valence-electron chi connectivity index (χ1n) is 10.1. The van der Waals surface area contributed by atoms with Gasteiger partial charge in [-0.15, -0.1) is 0 Å². The Kier molecular flexibility index (Phi) is 5.92. The van der Waals surface area contributed by atoms with Crippen LogP contribution in [0, 0.1) is 0 Å². The van der Waals surface area contributed by atoms with E-state index in [2.05, 4.69) is 15.1 Å². The smallest absolute Gasteiger partial charge is 0.405 e. The van der Waals surface area contributed by atoms with Gasteiger partial charge in [-0.3, -0.25) is 9.48 Å². The summed E-state index contributed by atoms with van der Waals surface area (Å²) in [5.41, 5.74) is 2.12. The quantitative estimate of drug-likeness (QED) is 0.497. The van der Waals surface area contributed by atoms with E-state index in [1.165, 1.54) is 18.2 Å². The highest BCUT2D eigenvalue weighted by Crippen LogP contribution is 2.31. The highest BCUT2D eigenvalue weighted by atomic mass is 19.4. The van der Waals surface area contributed by atoms with Crippen LogP contribution in [0.25, 0.3) is 10.9 Å². The normalized spacial score (nSPS) is 17.2. The average molecular weight is 449 g/mol. The lowest BCUT2D eigenvalue weighted by atomic mass is 10.0. The van der Waals surface area contributed by atoms with Crippen LogP contribution in [0.5, 0.6) is 5.88 Å². The minimum Gasteiger partial charge on any atom is -0.494 e. The highest BCUT2D eigenvalue weighted by molar-refractivity contribution is 6.14. The molecule has 4 rings (SSSR count). The van der Waals surface area contributed by atoms with E-state index < -0.39 is 18.6 Å². The van der Waals surface area contributed by atoms with Crippen molar-refractivity contribution in [2.75, 3.05) is 19.8 Å². The first-order valence-corrected chi connectivity index (χ1v) is 10.1. The van der Waals surface area contributed by atoms with Crippen molar-refractivity contribution in [1.29, 1.82) is 0 Å². The molecule has 1 saturated heterocycles. The number of aromatic amines is 1. The Labute approximate surface area is 181 Å². The van der Waals surface area contributed by atoms with E-state index in [4.69, 9.17) is 4.74 Å². The second kappa shape index (κ2) is 8.65. The molecular weight excluding hydrogens is 427 g/mol. The molecule has 1 atom stereocenters. The van der Waals surface area contributed by atoms with E-state index in [1.807, 2.05) is 12.2 Å². The third kappa shape index (κ3) is 4.62. The summed E-state index contributed by atoms with van der Waals surface area (Å²) in [5, 5.41) is 17.2. The van der Waals surface area contributed by atoms with Crippen LogP contribution in [0.3, 0.4) is 0 Å². The van der Waals surface area contributed by atoms with Gasteiger partial charge >= 0.3 is 6.18 Å². The van der Waals surface area contributed by atoms with E-state index in [0.29, 0.717) is 47.5 Å². The zero-order valence-electron chi connectivity index (χ0n) is 17.2. The molecule has 32 heavy (non-hydrogen) atoms. The number of hydrogen-bond acceptors (Lipinski definition) is 5. The Morgan fingerprint density at radius 2 is 2.25 bits per heavy atom. The molecule has 0 spiro atoms. The SMILES string of the molecule is CCC(=Nc1cnn([C@@H]2CCOC2)c1)c1c(O)[nH]c2ccc(C(=O)NCC(F)(F)F)cc12. The van der Waals surface area contributed by atoms with Gasteiger partial charge in [0.05, 0.1) is 36.3 Å². The van der Waals surface area contributed by atoms with Crippen LogP contribution in [-0.2, 0) is 4.74 Å². The van der Waals surface area contributed by atoms with Gasteiger partial charge in [0, 0.05) is 23.1 Å². The number of benzene rings is 1. The number of hydrogen-bond donors (Lipinski definition) is 3. The molecule has 1 aliphatic rings. The molecule has 1 fully saturated rings. The van der Waals surface area contributed by atoms with E-state index in [-0.39, 0.29) is 17.5 Å². The minimum absolute atomic E-state index is 0.0477. The molecule has 3 heterocycles. The third-order valence-corrected chi connectivity index (χ3v) is 5.25. The van der Waals surface area contributed by atoms with Crippen molar-refractivity contribution in [3.05, 3.63) is 41.7 Å². The Morgan fingerprint density at radius 3 is 2.94 bits per heavy atom. The monoisotopic (exact) mass is 449 g/mol. The third-order valence-electron chi connectivity index (χ3n) is 5.25. The number of H-pyrrole nitrogens is 1. The largest absolute Gasteiger partial charge is 0.494 e. The predicted molar refractivity (Wildman–Crippen MR) is 112 cm³/mol. The lowest BCUT2D eigenvalue weighted by Crippen LogP contribution is -2.33. The Balaban J connectivity index is 1.66. The molecule has 0 saturated carbocycles. The maximum absolute atomic E-state index is 12.4. The fourth-order valence-electron chi connectivity index (χ4n) is 3.68. The van der Waals surface area contributed by atoms with Gasteiger partial charge in [0.15, 0.2) is 5.88 Å². The zero-order valence-corrected chi connectivity index (χ0v) is 17.2.